The number of rotatable bonds is 7. The van der Waals surface area contributed by atoms with Gasteiger partial charge in [0.05, 0.1) is 4.92 Å². The largest absolute Gasteiger partial charge is 0.482 e. The van der Waals surface area contributed by atoms with Crippen LogP contribution in [-0.4, -0.2) is 30.0 Å². The predicted octanol–water partition coefficient (Wildman–Crippen LogP) is 2.43. The second-order valence-electron chi connectivity index (χ2n) is 4.88. The van der Waals surface area contributed by atoms with E-state index in [0.29, 0.717) is 0 Å². The number of halogens is 2. The quantitative estimate of drug-likeness (QED) is 0.458. The van der Waals surface area contributed by atoms with E-state index < -0.39 is 47.3 Å². The molecule has 0 fully saturated rings. The Bertz CT molecular complexity index is 843. The van der Waals surface area contributed by atoms with E-state index >= 15 is 0 Å². The summed E-state index contributed by atoms with van der Waals surface area (Å²) in [5.41, 5.74) is -0.835. The highest BCUT2D eigenvalue weighted by Crippen LogP contribution is 2.21. The minimum absolute atomic E-state index is 0.0323. The molecule has 0 saturated carbocycles. The van der Waals surface area contributed by atoms with Crippen LogP contribution in [0.25, 0.3) is 0 Å². The number of carbonyl (C=O) groups is 2. The highest BCUT2D eigenvalue weighted by molar-refractivity contribution is 5.93. The summed E-state index contributed by atoms with van der Waals surface area (Å²) in [6.45, 7) is -1.23. The fraction of sp³-hybridized carbons (Fsp3) is 0.125. The molecule has 0 heterocycles. The Labute approximate surface area is 145 Å². The Balaban J connectivity index is 1.80. The molecule has 0 aliphatic carbocycles. The van der Waals surface area contributed by atoms with Crippen molar-refractivity contribution in [2.45, 2.75) is 0 Å². The lowest BCUT2D eigenvalue weighted by Gasteiger charge is -2.08. The van der Waals surface area contributed by atoms with Gasteiger partial charge in [-0.2, -0.15) is 4.39 Å². The molecule has 0 aliphatic rings. The molecule has 10 heteroatoms. The molecule has 2 aromatic rings. The van der Waals surface area contributed by atoms with Crippen molar-refractivity contribution in [3.8, 4) is 5.75 Å². The van der Waals surface area contributed by atoms with Gasteiger partial charge in [0.15, 0.2) is 13.2 Å². The summed E-state index contributed by atoms with van der Waals surface area (Å²) in [6.07, 6.45) is 0. The highest BCUT2D eigenvalue weighted by Gasteiger charge is 2.16. The summed E-state index contributed by atoms with van der Waals surface area (Å²) < 4.78 is 35.8. The molecule has 2 aromatic carbocycles. The topological polar surface area (TPSA) is 108 Å². The summed E-state index contributed by atoms with van der Waals surface area (Å²) >= 11 is 0. The lowest BCUT2D eigenvalue weighted by molar-refractivity contribution is -0.387. The van der Waals surface area contributed by atoms with Crippen LogP contribution >= 0.6 is 0 Å². The Hall–Kier alpha value is -3.56. The minimum Gasteiger partial charge on any atom is -0.482 e. The Kier molecular flexibility index (Phi) is 6.15. The molecule has 1 N–H and O–H groups in total. The van der Waals surface area contributed by atoms with Crippen LogP contribution in [0.15, 0.2) is 42.5 Å². The number of nitro benzene ring substituents is 1. The molecule has 26 heavy (non-hydrogen) atoms. The number of hydrogen-bond donors (Lipinski definition) is 1. The summed E-state index contributed by atoms with van der Waals surface area (Å²) in [6, 6.07) is 7.89. The number of nitro groups is 1. The van der Waals surface area contributed by atoms with Crippen LogP contribution in [-0.2, 0) is 14.3 Å². The van der Waals surface area contributed by atoms with Gasteiger partial charge in [-0.15, -0.1) is 0 Å². The molecular formula is C16H12F2N2O6. The summed E-state index contributed by atoms with van der Waals surface area (Å²) in [7, 11) is 0. The predicted molar refractivity (Wildman–Crippen MR) is 84.5 cm³/mol. The first kappa shape index (κ1) is 18.8. The monoisotopic (exact) mass is 366 g/mol. The molecule has 0 radical (unpaired) electrons. The number of ether oxygens (including phenoxy) is 2. The van der Waals surface area contributed by atoms with E-state index in [0.717, 1.165) is 24.3 Å². The van der Waals surface area contributed by atoms with Crippen LogP contribution in [0.2, 0.25) is 0 Å². The average Bonchev–Trinajstić information content (AvgIpc) is 2.59. The molecule has 0 aliphatic heterocycles. The maximum absolute atomic E-state index is 13.2. The lowest BCUT2D eigenvalue weighted by atomic mass is 10.2. The maximum Gasteiger partial charge on any atom is 0.344 e. The standard InChI is InChI=1S/C16H12F2N2O6/c17-10-2-1-3-12(6-10)25-9-16(22)26-8-15(21)19-11-4-5-13(18)14(7-11)20(23)24/h1-7H,8-9H2,(H,19,21). The average molecular weight is 366 g/mol. The third kappa shape index (κ3) is 5.51. The number of esters is 1. The molecular weight excluding hydrogens is 354 g/mol. The Morgan fingerprint density at radius 1 is 1.12 bits per heavy atom. The van der Waals surface area contributed by atoms with Gasteiger partial charge in [-0.25, -0.2) is 9.18 Å². The van der Waals surface area contributed by atoms with E-state index in [1.807, 2.05) is 0 Å². The third-order valence-corrected chi connectivity index (χ3v) is 2.94. The van der Waals surface area contributed by atoms with Gasteiger partial charge in [0.2, 0.25) is 5.82 Å². The van der Waals surface area contributed by atoms with E-state index in [4.69, 9.17) is 4.74 Å². The SMILES string of the molecule is O=C(COC(=O)COc1cccc(F)c1)Nc1ccc(F)c([N+](=O)[O-])c1. The number of hydrogen-bond acceptors (Lipinski definition) is 6. The molecule has 0 spiro atoms. The van der Waals surface area contributed by atoms with Gasteiger partial charge in [-0.05, 0) is 24.3 Å². The van der Waals surface area contributed by atoms with Crippen molar-refractivity contribution in [2.75, 3.05) is 18.5 Å². The first-order valence-corrected chi connectivity index (χ1v) is 7.13. The number of amides is 1. The minimum atomic E-state index is -1.05. The number of carbonyl (C=O) groups excluding carboxylic acids is 2. The third-order valence-electron chi connectivity index (χ3n) is 2.94. The fourth-order valence-electron chi connectivity index (χ4n) is 1.81. The summed E-state index contributed by atoms with van der Waals surface area (Å²) in [5, 5.41) is 12.9. The van der Waals surface area contributed by atoms with E-state index in [-0.39, 0.29) is 11.4 Å². The van der Waals surface area contributed by atoms with Crippen LogP contribution in [0.3, 0.4) is 0 Å². The van der Waals surface area contributed by atoms with Crippen LogP contribution in [0, 0.1) is 21.7 Å². The first-order chi connectivity index (χ1) is 12.3. The Morgan fingerprint density at radius 3 is 2.58 bits per heavy atom. The van der Waals surface area contributed by atoms with Crippen molar-refractivity contribution in [3.05, 3.63) is 64.2 Å². The highest BCUT2D eigenvalue weighted by atomic mass is 19.1. The molecule has 8 nitrogen and oxygen atoms in total. The molecule has 0 aromatic heterocycles. The zero-order valence-electron chi connectivity index (χ0n) is 13.1. The molecule has 2 rings (SSSR count). The number of nitrogens with one attached hydrogen (secondary N) is 1. The molecule has 0 bridgehead atoms. The van der Waals surface area contributed by atoms with Gasteiger partial charge < -0.3 is 14.8 Å². The van der Waals surface area contributed by atoms with Gasteiger partial charge in [0.1, 0.15) is 11.6 Å². The zero-order chi connectivity index (χ0) is 19.1. The van der Waals surface area contributed by atoms with E-state index in [9.17, 15) is 28.5 Å². The summed E-state index contributed by atoms with van der Waals surface area (Å²) in [4.78, 5) is 32.8. The zero-order valence-corrected chi connectivity index (χ0v) is 13.1. The maximum atomic E-state index is 13.2. The van der Waals surface area contributed by atoms with E-state index in [1.165, 1.54) is 18.2 Å². The molecule has 136 valence electrons. The van der Waals surface area contributed by atoms with E-state index in [1.54, 1.807) is 0 Å². The molecule has 0 unspecified atom stereocenters. The number of anilines is 1. The Morgan fingerprint density at radius 2 is 1.88 bits per heavy atom. The first-order valence-electron chi connectivity index (χ1n) is 7.13. The number of nitrogens with zero attached hydrogens (tertiary/aromatic N) is 1. The molecule has 0 atom stereocenters. The van der Waals surface area contributed by atoms with Crippen molar-refractivity contribution in [1.29, 1.82) is 0 Å². The van der Waals surface area contributed by atoms with Gasteiger partial charge >= 0.3 is 11.7 Å². The van der Waals surface area contributed by atoms with Crippen LogP contribution < -0.4 is 10.1 Å². The van der Waals surface area contributed by atoms with Crippen molar-refractivity contribution >= 4 is 23.3 Å². The number of benzene rings is 2. The van der Waals surface area contributed by atoms with Crippen molar-refractivity contribution in [2.24, 2.45) is 0 Å². The van der Waals surface area contributed by atoms with Crippen molar-refractivity contribution in [1.82, 2.24) is 0 Å². The van der Waals surface area contributed by atoms with Crippen LogP contribution in [0.1, 0.15) is 0 Å². The smallest absolute Gasteiger partial charge is 0.344 e. The van der Waals surface area contributed by atoms with Gasteiger partial charge in [0, 0.05) is 17.8 Å². The van der Waals surface area contributed by atoms with E-state index in [2.05, 4.69) is 10.1 Å². The normalized spacial score (nSPS) is 10.1. The van der Waals surface area contributed by atoms with Crippen molar-refractivity contribution < 1.29 is 32.8 Å². The summed E-state index contributed by atoms with van der Waals surface area (Å²) in [5.74, 6) is -3.14. The molecule has 0 saturated heterocycles. The second kappa shape index (κ2) is 8.51. The van der Waals surface area contributed by atoms with Gasteiger partial charge in [-0.3, -0.25) is 14.9 Å². The van der Waals surface area contributed by atoms with Crippen LogP contribution in [0.5, 0.6) is 5.75 Å². The van der Waals surface area contributed by atoms with Gasteiger partial charge in [-0.1, -0.05) is 6.07 Å². The van der Waals surface area contributed by atoms with Crippen LogP contribution in [0.4, 0.5) is 20.2 Å². The second-order valence-corrected chi connectivity index (χ2v) is 4.88. The van der Waals surface area contributed by atoms with Gasteiger partial charge in [0.25, 0.3) is 5.91 Å². The van der Waals surface area contributed by atoms with Crippen molar-refractivity contribution in [3.63, 3.8) is 0 Å². The fourth-order valence-corrected chi connectivity index (χ4v) is 1.81. The molecule has 1 amide bonds. The lowest BCUT2D eigenvalue weighted by Crippen LogP contribution is -2.23.